The zero-order valence-electron chi connectivity index (χ0n) is 14.8. The van der Waals surface area contributed by atoms with Gasteiger partial charge < -0.3 is 4.79 Å². The molecule has 3 heteroatoms. The lowest BCUT2D eigenvalue weighted by Crippen LogP contribution is -2.72. The van der Waals surface area contributed by atoms with Crippen molar-refractivity contribution in [1.29, 1.82) is 0 Å². The zero-order valence-corrected chi connectivity index (χ0v) is 17.4. The highest BCUT2D eigenvalue weighted by molar-refractivity contribution is 9.09. The van der Waals surface area contributed by atoms with E-state index in [9.17, 15) is 4.79 Å². The van der Waals surface area contributed by atoms with Crippen LogP contribution in [0.3, 0.4) is 0 Å². The molecule has 3 aromatic rings. The molecule has 0 spiro atoms. The van der Waals surface area contributed by atoms with E-state index in [0.29, 0.717) is 11.8 Å². The highest BCUT2D eigenvalue weighted by atomic mass is 79.9. The SMILES string of the molecule is O=C(CCCCBr)[Si](c1ccccc1)(c1ccccc1)c1ccccc1. The molecule has 0 unspecified atom stereocenters. The molecular weight excluding hydrogens is 400 g/mol. The number of unbranched alkanes of at least 4 members (excludes halogenated alkanes) is 1. The minimum atomic E-state index is -2.73. The molecule has 0 saturated heterocycles. The zero-order chi connectivity index (χ0) is 18.2. The molecule has 0 amide bonds. The molecule has 3 rings (SSSR count). The first-order valence-corrected chi connectivity index (χ1v) is 12.2. The minimum Gasteiger partial charge on any atom is -0.304 e. The van der Waals surface area contributed by atoms with Crippen molar-refractivity contribution < 1.29 is 4.79 Å². The summed E-state index contributed by atoms with van der Waals surface area (Å²) in [5.41, 5.74) is 0. The second kappa shape index (κ2) is 9.11. The normalized spacial score (nSPS) is 11.3. The highest BCUT2D eigenvalue weighted by Crippen LogP contribution is 2.13. The number of carbonyl (C=O) groups excluding carboxylic acids is 1. The van der Waals surface area contributed by atoms with Gasteiger partial charge in [0.25, 0.3) is 0 Å². The van der Waals surface area contributed by atoms with E-state index in [2.05, 4.69) is 88.7 Å². The van der Waals surface area contributed by atoms with Crippen LogP contribution in [0.15, 0.2) is 91.0 Å². The first-order chi connectivity index (χ1) is 12.8. The third kappa shape index (κ3) is 3.74. The van der Waals surface area contributed by atoms with Crippen molar-refractivity contribution in [2.45, 2.75) is 19.3 Å². The van der Waals surface area contributed by atoms with Gasteiger partial charge in [-0.15, -0.1) is 0 Å². The predicted octanol–water partition coefficient (Wildman–Crippen LogP) is 3.83. The Labute approximate surface area is 165 Å². The Morgan fingerprint density at radius 2 is 1.04 bits per heavy atom. The Morgan fingerprint density at radius 1 is 0.654 bits per heavy atom. The summed E-state index contributed by atoms with van der Waals surface area (Å²) in [4.78, 5) is 13.8. The summed E-state index contributed by atoms with van der Waals surface area (Å²) in [6, 6.07) is 31.2. The number of halogens is 1. The van der Waals surface area contributed by atoms with Crippen LogP contribution in [-0.2, 0) is 4.79 Å². The number of hydrogen-bond acceptors (Lipinski definition) is 1. The van der Waals surface area contributed by atoms with E-state index < -0.39 is 8.07 Å². The van der Waals surface area contributed by atoms with E-state index in [1.807, 2.05) is 18.2 Å². The maximum Gasteiger partial charge on any atom is 0.224 e. The topological polar surface area (TPSA) is 17.1 Å². The molecule has 0 aliphatic rings. The van der Waals surface area contributed by atoms with Crippen LogP contribution < -0.4 is 15.6 Å². The van der Waals surface area contributed by atoms with Gasteiger partial charge in [-0.05, 0) is 28.4 Å². The molecule has 0 saturated carbocycles. The number of alkyl halides is 1. The molecule has 0 fully saturated rings. The van der Waals surface area contributed by atoms with Crippen LogP contribution >= 0.6 is 15.9 Å². The summed E-state index contributed by atoms with van der Waals surface area (Å²) < 4.78 is 0. The first-order valence-electron chi connectivity index (χ1n) is 9.06. The van der Waals surface area contributed by atoms with E-state index in [-0.39, 0.29) is 0 Å². The van der Waals surface area contributed by atoms with Crippen LogP contribution in [0.5, 0.6) is 0 Å². The second-order valence-corrected chi connectivity index (χ2v) is 11.0. The largest absolute Gasteiger partial charge is 0.304 e. The van der Waals surface area contributed by atoms with E-state index >= 15 is 0 Å². The maximum atomic E-state index is 13.8. The number of benzene rings is 3. The molecule has 0 aliphatic carbocycles. The Bertz CT molecular complexity index is 722. The molecule has 26 heavy (non-hydrogen) atoms. The third-order valence-corrected chi connectivity index (χ3v) is 10.1. The van der Waals surface area contributed by atoms with Crippen molar-refractivity contribution in [3.05, 3.63) is 91.0 Å². The molecule has 0 aliphatic heterocycles. The predicted molar refractivity (Wildman–Crippen MR) is 117 cm³/mol. The van der Waals surface area contributed by atoms with Gasteiger partial charge in [-0.3, -0.25) is 0 Å². The van der Waals surface area contributed by atoms with Crippen molar-refractivity contribution in [3.8, 4) is 0 Å². The van der Waals surface area contributed by atoms with Crippen LogP contribution in [0, 0.1) is 0 Å². The molecular formula is C23H23BrOSi. The van der Waals surface area contributed by atoms with Gasteiger partial charge in [-0.25, -0.2) is 0 Å². The quantitative estimate of drug-likeness (QED) is 0.233. The fourth-order valence-corrected chi connectivity index (χ4v) is 8.61. The summed E-state index contributed by atoms with van der Waals surface area (Å²) in [7, 11) is -2.73. The molecule has 0 bridgehead atoms. The van der Waals surface area contributed by atoms with Crippen molar-refractivity contribution in [1.82, 2.24) is 0 Å². The smallest absolute Gasteiger partial charge is 0.224 e. The average molecular weight is 423 g/mol. The van der Waals surface area contributed by atoms with Crippen LogP contribution in [0.2, 0.25) is 0 Å². The van der Waals surface area contributed by atoms with Gasteiger partial charge in [-0.2, -0.15) is 0 Å². The van der Waals surface area contributed by atoms with Crippen LogP contribution in [0.25, 0.3) is 0 Å². The Kier molecular flexibility index (Phi) is 6.59. The molecule has 3 aromatic carbocycles. The van der Waals surface area contributed by atoms with E-state index in [1.54, 1.807) is 0 Å². The summed E-state index contributed by atoms with van der Waals surface area (Å²) in [5, 5.41) is 4.84. The summed E-state index contributed by atoms with van der Waals surface area (Å²) >= 11 is 3.48. The van der Waals surface area contributed by atoms with E-state index in [1.165, 1.54) is 15.6 Å². The van der Waals surface area contributed by atoms with Crippen LogP contribution in [0.4, 0.5) is 0 Å². The van der Waals surface area contributed by atoms with Crippen LogP contribution in [0.1, 0.15) is 19.3 Å². The van der Waals surface area contributed by atoms with Crippen molar-refractivity contribution in [2.75, 3.05) is 5.33 Å². The lowest BCUT2D eigenvalue weighted by Gasteiger charge is -2.32. The van der Waals surface area contributed by atoms with Gasteiger partial charge in [0.15, 0.2) is 0 Å². The lowest BCUT2D eigenvalue weighted by molar-refractivity contribution is -0.112. The maximum absolute atomic E-state index is 13.8. The Balaban J connectivity index is 2.23. The number of hydrogen-bond donors (Lipinski definition) is 0. The molecule has 0 N–H and O–H groups in total. The Hall–Kier alpha value is -1.97. The lowest BCUT2D eigenvalue weighted by atomic mass is 10.3. The molecule has 0 aromatic heterocycles. The van der Waals surface area contributed by atoms with Gasteiger partial charge in [0, 0.05) is 11.8 Å². The second-order valence-electron chi connectivity index (χ2n) is 6.42. The molecule has 1 nitrogen and oxygen atoms in total. The van der Waals surface area contributed by atoms with E-state index in [0.717, 1.165) is 18.2 Å². The first kappa shape index (κ1) is 18.8. The van der Waals surface area contributed by atoms with Gasteiger partial charge in [0.2, 0.25) is 8.07 Å². The highest BCUT2D eigenvalue weighted by Gasteiger charge is 2.45. The number of carbonyl (C=O) groups is 1. The van der Waals surface area contributed by atoms with Gasteiger partial charge in [0.1, 0.15) is 5.41 Å². The molecule has 0 atom stereocenters. The van der Waals surface area contributed by atoms with Crippen molar-refractivity contribution >= 4 is 45.0 Å². The third-order valence-electron chi connectivity index (χ3n) is 4.83. The average Bonchev–Trinajstić information content (AvgIpc) is 2.71. The Morgan fingerprint density at radius 3 is 1.38 bits per heavy atom. The molecule has 0 radical (unpaired) electrons. The summed E-state index contributed by atoms with van der Waals surface area (Å²) in [5.74, 6) is 0. The van der Waals surface area contributed by atoms with Crippen LogP contribution in [-0.4, -0.2) is 18.8 Å². The fraction of sp³-hybridized carbons (Fsp3) is 0.174. The van der Waals surface area contributed by atoms with Crippen molar-refractivity contribution in [2.24, 2.45) is 0 Å². The van der Waals surface area contributed by atoms with Crippen molar-refractivity contribution in [3.63, 3.8) is 0 Å². The number of rotatable bonds is 8. The van der Waals surface area contributed by atoms with Gasteiger partial charge >= 0.3 is 0 Å². The molecule has 132 valence electrons. The molecule has 0 heterocycles. The minimum absolute atomic E-state index is 0.391. The standard InChI is InChI=1S/C23H23BrOSi/c24-19-11-10-18-23(25)26(20-12-4-1-5-13-20,21-14-6-2-7-15-21)22-16-8-3-9-17-22/h1-9,12-17H,10-11,18-19H2. The fourth-order valence-electron chi connectivity index (χ4n) is 3.61. The summed E-state index contributed by atoms with van der Waals surface area (Å²) in [6.07, 6.45) is 2.57. The summed E-state index contributed by atoms with van der Waals surface area (Å²) in [6.45, 7) is 0. The van der Waals surface area contributed by atoms with E-state index in [4.69, 9.17) is 0 Å². The monoisotopic (exact) mass is 422 g/mol. The van der Waals surface area contributed by atoms with Gasteiger partial charge in [-0.1, -0.05) is 107 Å². The van der Waals surface area contributed by atoms with Gasteiger partial charge in [0.05, 0.1) is 0 Å².